The number of hydrogen-bond donors (Lipinski definition) is 2. The fraction of sp³-hybridized carbons (Fsp3) is 0.0769. The van der Waals surface area contributed by atoms with E-state index in [1.807, 2.05) is 30.3 Å². The molecule has 0 spiro atoms. The highest BCUT2D eigenvalue weighted by Crippen LogP contribution is 2.32. The first-order valence-corrected chi connectivity index (χ1v) is 5.40. The van der Waals surface area contributed by atoms with Gasteiger partial charge in [0, 0.05) is 4.90 Å². The van der Waals surface area contributed by atoms with Crippen LogP contribution in [-0.4, -0.2) is 5.11 Å². The maximum absolute atomic E-state index is 9.67. The second-order valence-corrected chi connectivity index (χ2v) is 3.88. The molecule has 2 aromatic rings. The lowest BCUT2D eigenvalue weighted by atomic mass is 10.2. The van der Waals surface area contributed by atoms with Crippen LogP contribution in [0.15, 0.2) is 53.4 Å². The van der Waals surface area contributed by atoms with E-state index < -0.39 is 0 Å². The Hall–Kier alpha value is -1.61. The zero-order valence-corrected chi connectivity index (χ0v) is 9.52. The van der Waals surface area contributed by atoms with Gasteiger partial charge in [0.15, 0.2) is 11.5 Å². The summed E-state index contributed by atoms with van der Waals surface area (Å²) in [6.45, 7) is 0.436. The molecule has 82 valence electrons. The molecule has 0 aromatic heterocycles. The van der Waals surface area contributed by atoms with Crippen molar-refractivity contribution in [2.45, 2.75) is 11.5 Å². The number of thiol groups is 1. The summed E-state index contributed by atoms with van der Waals surface area (Å²) in [7, 11) is 0. The summed E-state index contributed by atoms with van der Waals surface area (Å²) in [4.78, 5) is 0.519. The van der Waals surface area contributed by atoms with E-state index in [0.29, 0.717) is 17.3 Å². The van der Waals surface area contributed by atoms with Crippen LogP contribution in [0.1, 0.15) is 5.56 Å². The molecule has 0 amide bonds. The van der Waals surface area contributed by atoms with Crippen molar-refractivity contribution in [3.05, 3.63) is 54.1 Å². The standard InChI is InChI=1S/C13H12O2S/c14-13-11(7-4-8-12(13)16)15-9-10-5-2-1-3-6-10/h1-8,14,16H,9H2. The minimum absolute atomic E-state index is 0.0850. The number of aromatic hydroxyl groups is 1. The molecule has 1 N–H and O–H groups in total. The van der Waals surface area contributed by atoms with Crippen LogP contribution >= 0.6 is 12.6 Å². The first-order valence-electron chi connectivity index (χ1n) is 4.95. The molecule has 0 fully saturated rings. The zero-order chi connectivity index (χ0) is 11.4. The van der Waals surface area contributed by atoms with Gasteiger partial charge in [-0.25, -0.2) is 0 Å². The lowest BCUT2D eigenvalue weighted by Crippen LogP contribution is -1.95. The summed E-state index contributed by atoms with van der Waals surface area (Å²) < 4.78 is 5.50. The van der Waals surface area contributed by atoms with Crippen molar-refractivity contribution in [3.63, 3.8) is 0 Å². The Balaban J connectivity index is 2.08. The fourth-order valence-corrected chi connectivity index (χ4v) is 1.56. The van der Waals surface area contributed by atoms with E-state index in [0.717, 1.165) is 5.56 Å². The Bertz CT molecular complexity index is 469. The van der Waals surface area contributed by atoms with Crippen molar-refractivity contribution in [1.29, 1.82) is 0 Å². The SMILES string of the molecule is Oc1c(S)cccc1OCc1ccccc1. The predicted octanol–water partition coefficient (Wildman–Crippen LogP) is 3.26. The summed E-state index contributed by atoms with van der Waals surface area (Å²) in [5.74, 6) is 0.540. The lowest BCUT2D eigenvalue weighted by Gasteiger charge is -2.08. The van der Waals surface area contributed by atoms with Gasteiger partial charge in [-0.1, -0.05) is 36.4 Å². The van der Waals surface area contributed by atoms with Crippen molar-refractivity contribution in [3.8, 4) is 11.5 Å². The molecule has 2 rings (SSSR count). The zero-order valence-electron chi connectivity index (χ0n) is 8.63. The van der Waals surface area contributed by atoms with Gasteiger partial charge in [0.1, 0.15) is 6.61 Å². The van der Waals surface area contributed by atoms with E-state index in [-0.39, 0.29) is 5.75 Å². The van der Waals surface area contributed by atoms with Crippen LogP contribution in [0.25, 0.3) is 0 Å². The number of rotatable bonds is 3. The Morgan fingerprint density at radius 3 is 2.50 bits per heavy atom. The summed E-state index contributed by atoms with van der Waals surface area (Å²) in [5.41, 5.74) is 1.06. The highest BCUT2D eigenvalue weighted by atomic mass is 32.1. The minimum atomic E-state index is 0.0850. The topological polar surface area (TPSA) is 29.5 Å². The normalized spacial score (nSPS) is 10.1. The van der Waals surface area contributed by atoms with E-state index in [1.165, 1.54) is 0 Å². The molecule has 0 atom stereocenters. The summed E-state index contributed by atoms with van der Waals surface area (Å²) >= 11 is 4.12. The van der Waals surface area contributed by atoms with Gasteiger partial charge in [0.25, 0.3) is 0 Å². The predicted molar refractivity (Wildman–Crippen MR) is 66.1 cm³/mol. The number of benzene rings is 2. The molecule has 0 saturated carbocycles. The molecule has 3 heteroatoms. The average Bonchev–Trinajstić information content (AvgIpc) is 2.32. The van der Waals surface area contributed by atoms with Gasteiger partial charge >= 0.3 is 0 Å². The number of phenols is 1. The molecule has 0 heterocycles. The number of hydrogen-bond acceptors (Lipinski definition) is 3. The molecule has 0 aliphatic heterocycles. The largest absolute Gasteiger partial charge is 0.503 e. The molecule has 0 unspecified atom stereocenters. The van der Waals surface area contributed by atoms with Crippen LogP contribution in [0.5, 0.6) is 11.5 Å². The van der Waals surface area contributed by atoms with Crippen LogP contribution in [0, 0.1) is 0 Å². The molecule has 16 heavy (non-hydrogen) atoms. The third-order valence-corrected chi connectivity index (χ3v) is 2.58. The fourth-order valence-electron chi connectivity index (χ4n) is 1.36. The smallest absolute Gasteiger partial charge is 0.171 e. The molecule has 0 aliphatic rings. The molecule has 0 saturated heterocycles. The first-order chi connectivity index (χ1) is 7.77. The Morgan fingerprint density at radius 2 is 1.75 bits per heavy atom. The summed E-state index contributed by atoms with van der Waals surface area (Å²) in [6.07, 6.45) is 0. The van der Waals surface area contributed by atoms with E-state index >= 15 is 0 Å². The number of para-hydroxylation sites is 1. The van der Waals surface area contributed by atoms with E-state index in [1.54, 1.807) is 18.2 Å². The maximum atomic E-state index is 9.67. The van der Waals surface area contributed by atoms with Gasteiger partial charge < -0.3 is 9.84 Å². The van der Waals surface area contributed by atoms with Crippen LogP contribution in [-0.2, 0) is 6.61 Å². The van der Waals surface area contributed by atoms with Gasteiger partial charge in [0.2, 0.25) is 0 Å². The van der Waals surface area contributed by atoms with Gasteiger partial charge in [-0.05, 0) is 17.7 Å². The Morgan fingerprint density at radius 1 is 1.00 bits per heavy atom. The van der Waals surface area contributed by atoms with Crippen LogP contribution in [0.4, 0.5) is 0 Å². The minimum Gasteiger partial charge on any atom is -0.503 e. The molecule has 0 radical (unpaired) electrons. The summed E-state index contributed by atoms with van der Waals surface area (Å²) in [6, 6.07) is 15.0. The van der Waals surface area contributed by atoms with Crippen molar-refractivity contribution in [1.82, 2.24) is 0 Å². The second kappa shape index (κ2) is 4.94. The van der Waals surface area contributed by atoms with Gasteiger partial charge in [-0.15, -0.1) is 12.6 Å². The third-order valence-electron chi connectivity index (χ3n) is 2.21. The quantitative estimate of drug-likeness (QED) is 0.795. The maximum Gasteiger partial charge on any atom is 0.171 e. The lowest BCUT2D eigenvalue weighted by molar-refractivity contribution is 0.286. The first kappa shape index (κ1) is 10.9. The van der Waals surface area contributed by atoms with E-state index in [4.69, 9.17) is 4.74 Å². The van der Waals surface area contributed by atoms with Gasteiger partial charge in [-0.3, -0.25) is 0 Å². The Labute approximate surface area is 99.9 Å². The van der Waals surface area contributed by atoms with Crippen molar-refractivity contribution in [2.24, 2.45) is 0 Å². The molecular weight excluding hydrogens is 220 g/mol. The van der Waals surface area contributed by atoms with Gasteiger partial charge in [0.05, 0.1) is 0 Å². The van der Waals surface area contributed by atoms with Crippen molar-refractivity contribution >= 4 is 12.6 Å². The van der Waals surface area contributed by atoms with Crippen LogP contribution in [0.2, 0.25) is 0 Å². The van der Waals surface area contributed by atoms with Gasteiger partial charge in [-0.2, -0.15) is 0 Å². The second-order valence-electron chi connectivity index (χ2n) is 3.40. The average molecular weight is 232 g/mol. The number of phenolic OH excluding ortho intramolecular Hbond substituents is 1. The van der Waals surface area contributed by atoms with Crippen LogP contribution < -0.4 is 4.74 Å². The molecule has 0 aliphatic carbocycles. The highest BCUT2D eigenvalue weighted by molar-refractivity contribution is 7.80. The molecule has 0 bridgehead atoms. The van der Waals surface area contributed by atoms with Crippen molar-refractivity contribution < 1.29 is 9.84 Å². The van der Waals surface area contributed by atoms with E-state index in [2.05, 4.69) is 12.6 Å². The molecule has 2 nitrogen and oxygen atoms in total. The third kappa shape index (κ3) is 2.49. The molecule has 2 aromatic carbocycles. The highest BCUT2D eigenvalue weighted by Gasteiger charge is 2.04. The summed E-state index contributed by atoms with van der Waals surface area (Å²) in [5, 5.41) is 9.67. The number of ether oxygens (including phenoxy) is 1. The van der Waals surface area contributed by atoms with E-state index in [9.17, 15) is 5.11 Å². The Kier molecular flexibility index (Phi) is 3.37. The monoisotopic (exact) mass is 232 g/mol. The molecular formula is C13H12O2S. The van der Waals surface area contributed by atoms with Crippen molar-refractivity contribution in [2.75, 3.05) is 0 Å². The van der Waals surface area contributed by atoms with Crippen LogP contribution in [0.3, 0.4) is 0 Å².